The van der Waals surface area contributed by atoms with Crippen molar-refractivity contribution in [1.82, 2.24) is 0 Å². The molecule has 5 heteroatoms. The van der Waals surface area contributed by atoms with E-state index in [1.807, 2.05) is 0 Å². The Morgan fingerprint density at radius 2 is 1.81 bits per heavy atom. The molecule has 1 saturated heterocycles. The number of halogens is 2. The molecule has 1 aromatic rings. The van der Waals surface area contributed by atoms with Crippen LogP contribution in [0.25, 0.3) is 0 Å². The second kappa shape index (κ2) is 4.33. The van der Waals surface area contributed by atoms with Crippen molar-refractivity contribution in [3.05, 3.63) is 28.5 Å². The Labute approximate surface area is 100 Å². The minimum absolute atomic E-state index is 0.266. The zero-order chi connectivity index (χ0) is 11.7. The van der Waals surface area contributed by atoms with Gasteiger partial charge in [-0.15, -0.1) is 0 Å². The molecule has 1 heterocycles. The fourth-order valence-corrected chi connectivity index (χ4v) is 1.91. The number of imide groups is 1. The summed E-state index contributed by atoms with van der Waals surface area (Å²) in [4.78, 5) is 24.2. The molecule has 0 spiro atoms. The van der Waals surface area contributed by atoms with Crippen LogP contribution in [0.5, 0.6) is 0 Å². The van der Waals surface area contributed by atoms with Gasteiger partial charge in [0.2, 0.25) is 11.8 Å². The number of anilines is 1. The fourth-order valence-electron chi connectivity index (χ4n) is 1.67. The van der Waals surface area contributed by atoms with Crippen molar-refractivity contribution in [3.63, 3.8) is 0 Å². The summed E-state index contributed by atoms with van der Waals surface area (Å²) in [6.07, 6.45) is 1.25. The summed E-state index contributed by atoms with van der Waals surface area (Å²) in [5.41, 5.74) is 0.301. The van der Waals surface area contributed by atoms with E-state index in [1.165, 1.54) is 12.1 Å². The first-order valence-corrected chi connectivity index (χ1v) is 5.70. The predicted octanol–water partition coefficient (Wildman–Crippen LogP) is 2.63. The molecule has 0 bridgehead atoms. The molecule has 0 aromatic heterocycles. The van der Waals surface area contributed by atoms with Gasteiger partial charge in [0.1, 0.15) is 5.82 Å². The maximum atomic E-state index is 13.3. The molecule has 0 atom stereocenters. The largest absolute Gasteiger partial charge is 0.274 e. The molecule has 16 heavy (non-hydrogen) atoms. The van der Waals surface area contributed by atoms with Gasteiger partial charge in [-0.3, -0.25) is 14.5 Å². The second-order valence-electron chi connectivity index (χ2n) is 3.57. The van der Waals surface area contributed by atoms with Gasteiger partial charge in [-0.2, -0.15) is 0 Å². The monoisotopic (exact) mass is 285 g/mol. The third kappa shape index (κ3) is 2.00. The van der Waals surface area contributed by atoms with Gasteiger partial charge in [-0.05, 0) is 40.5 Å². The van der Waals surface area contributed by atoms with Gasteiger partial charge >= 0.3 is 0 Å². The van der Waals surface area contributed by atoms with Crippen molar-refractivity contribution < 1.29 is 14.0 Å². The van der Waals surface area contributed by atoms with Crippen LogP contribution in [0.4, 0.5) is 10.1 Å². The van der Waals surface area contributed by atoms with Crippen LogP contribution in [0, 0.1) is 5.82 Å². The van der Waals surface area contributed by atoms with Crippen molar-refractivity contribution >= 4 is 33.4 Å². The maximum Gasteiger partial charge on any atom is 0.233 e. The highest BCUT2D eigenvalue weighted by Crippen LogP contribution is 2.25. The SMILES string of the molecule is O=C1CCCC(=O)N1c1ccc(Br)c(F)c1. The number of hydrogen-bond donors (Lipinski definition) is 0. The number of amides is 2. The topological polar surface area (TPSA) is 37.4 Å². The maximum absolute atomic E-state index is 13.3. The minimum Gasteiger partial charge on any atom is -0.274 e. The lowest BCUT2D eigenvalue weighted by Crippen LogP contribution is -2.40. The smallest absolute Gasteiger partial charge is 0.233 e. The Kier molecular flexibility index (Phi) is 3.05. The first kappa shape index (κ1) is 11.3. The summed E-state index contributed by atoms with van der Waals surface area (Å²) >= 11 is 3.02. The second-order valence-corrected chi connectivity index (χ2v) is 4.43. The van der Waals surface area contributed by atoms with E-state index in [9.17, 15) is 14.0 Å². The molecule has 1 fully saturated rings. The van der Waals surface area contributed by atoms with Crippen LogP contribution in [0.1, 0.15) is 19.3 Å². The lowest BCUT2D eigenvalue weighted by atomic mass is 10.1. The van der Waals surface area contributed by atoms with Crippen LogP contribution in [0.2, 0.25) is 0 Å². The van der Waals surface area contributed by atoms with E-state index in [0.29, 0.717) is 29.4 Å². The summed E-state index contributed by atoms with van der Waals surface area (Å²) < 4.78 is 13.6. The van der Waals surface area contributed by atoms with Gasteiger partial charge < -0.3 is 0 Å². The van der Waals surface area contributed by atoms with E-state index < -0.39 is 5.82 Å². The molecule has 2 rings (SSSR count). The Hall–Kier alpha value is -1.23. The van der Waals surface area contributed by atoms with Gasteiger partial charge in [-0.25, -0.2) is 4.39 Å². The molecule has 1 aliphatic heterocycles. The molecule has 0 saturated carbocycles. The van der Waals surface area contributed by atoms with Gasteiger partial charge in [0, 0.05) is 12.8 Å². The summed E-state index contributed by atoms with van der Waals surface area (Å²) in [6, 6.07) is 4.22. The molecule has 1 aromatic carbocycles. The van der Waals surface area contributed by atoms with E-state index in [0.717, 1.165) is 4.90 Å². The molecule has 84 valence electrons. The number of carbonyl (C=O) groups excluding carboxylic acids is 2. The number of benzene rings is 1. The normalized spacial score (nSPS) is 16.8. The van der Waals surface area contributed by atoms with Crippen molar-refractivity contribution in [2.45, 2.75) is 19.3 Å². The van der Waals surface area contributed by atoms with Crippen LogP contribution in [0.15, 0.2) is 22.7 Å². The van der Waals surface area contributed by atoms with Crippen LogP contribution >= 0.6 is 15.9 Å². The lowest BCUT2D eigenvalue weighted by Gasteiger charge is -2.24. The fraction of sp³-hybridized carbons (Fsp3) is 0.273. The van der Waals surface area contributed by atoms with Crippen molar-refractivity contribution in [3.8, 4) is 0 Å². The first-order chi connectivity index (χ1) is 7.59. The average Bonchev–Trinajstić information content (AvgIpc) is 2.23. The Bertz CT molecular complexity index is 445. The predicted molar refractivity (Wildman–Crippen MR) is 60.4 cm³/mol. The van der Waals surface area contributed by atoms with Crippen molar-refractivity contribution in [2.75, 3.05) is 4.90 Å². The standard InChI is InChI=1S/C11H9BrFNO2/c12-8-5-4-7(6-9(8)13)14-10(15)2-1-3-11(14)16/h4-6H,1-3H2. The molecular weight excluding hydrogens is 277 g/mol. The zero-order valence-electron chi connectivity index (χ0n) is 8.37. The van der Waals surface area contributed by atoms with E-state index in [4.69, 9.17) is 0 Å². The summed E-state index contributed by atoms with van der Waals surface area (Å²) in [5.74, 6) is -1.01. The highest BCUT2D eigenvalue weighted by molar-refractivity contribution is 9.10. The number of nitrogens with zero attached hydrogens (tertiary/aromatic N) is 1. The summed E-state index contributed by atoms with van der Waals surface area (Å²) in [7, 11) is 0. The van der Waals surface area contributed by atoms with Crippen molar-refractivity contribution in [1.29, 1.82) is 0 Å². The molecule has 3 nitrogen and oxygen atoms in total. The van der Waals surface area contributed by atoms with Gasteiger partial charge in [0.25, 0.3) is 0 Å². The molecule has 0 radical (unpaired) electrons. The lowest BCUT2D eigenvalue weighted by molar-refractivity contribution is -0.129. The summed E-state index contributed by atoms with van der Waals surface area (Å²) in [5, 5.41) is 0. The van der Waals surface area contributed by atoms with Crippen LogP contribution < -0.4 is 4.90 Å². The van der Waals surface area contributed by atoms with Crippen LogP contribution in [-0.4, -0.2) is 11.8 Å². The average molecular weight is 286 g/mol. The quantitative estimate of drug-likeness (QED) is 0.744. The molecule has 2 amide bonds. The third-order valence-electron chi connectivity index (χ3n) is 2.44. The third-order valence-corrected chi connectivity index (χ3v) is 3.08. The first-order valence-electron chi connectivity index (χ1n) is 4.90. The molecule has 0 unspecified atom stereocenters. The van der Waals surface area contributed by atoms with Gasteiger partial charge in [-0.1, -0.05) is 0 Å². The number of hydrogen-bond acceptors (Lipinski definition) is 2. The Morgan fingerprint density at radius 3 is 2.38 bits per heavy atom. The number of carbonyl (C=O) groups is 2. The Morgan fingerprint density at radius 1 is 1.19 bits per heavy atom. The molecule has 0 aliphatic carbocycles. The molecule has 1 aliphatic rings. The minimum atomic E-state index is -0.483. The van der Waals surface area contributed by atoms with E-state index >= 15 is 0 Å². The molecule has 0 N–H and O–H groups in total. The Balaban J connectivity index is 2.38. The van der Waals surface area contributed by atoms with Gasteiger partial charge in [0.15, 0.2) is 0 Å². The molecular formula is C11H9BrFNO2. The zero-order valence-corrected chi connectivity index (χ0v) is 9.96. The van der Waals surface area contributed by atoms with E-state index in [-0.39, 0.29) is 11.8 Å². The highest BCUT2D eigenvalue weighted by Gasteiger charge is 2.27. The van der Waals surface area contributed by atoms with Gasteiger partial charge in [0.05, 0.1) is 10.2 Å². The van der Waals surface area contributed by atoms with Crippen LogP contribution in [-0.2, 0) is 9.59 Å². The number of rotatable bonds is 1. The number of piperidine rings is 1. The highest BCUT2D eigenvalue weighted by atomic mass is 79.9. The van der Waals surface area contributed by atoms with E-state index in [1.54, 1.807) is 6.07 Å². The van der Waals surface area contributed by atoms with Crippen molar-refractivity contribution in [2.24, 2.45) is 0 Å². The van der Waals surface area contributed by atoms with E-state index in [2.05, 4.69) is 15.9 Å². The van der Waals surface area contributed by atoms with Crippen LogP contribution in [0.3, 0.4) is 0 Å². The summed E-state index contributed by atoms with van der Waals surface area (Å²) in [6.45, 7) is 0.